The molecule has 0 saturated carbocycles. The van der Waals surface area contributed by atoms with Gasteiger partial charge in [-0.1, -0.05) is 25.1 Å². The molecule has 1 N–H and O–H groups in total. The van der Waals surface area contributed by atoms with E-state index < -0.39 is 0 Å². The van der Waals surface area contributed by atoms with Crippen molar-refractivity contribution in [3.05, 3.63) is 58.0 Å². The first-order valence-corrected chi connectivity index (χ1v) is 7.43. The number of thiophene rings is 1. The minimum atomic E-state index is 0.142. The molecule has 98 valence electrons. The van der Waals surface area contributed by atoms with Crippen LogP contribution in [0.4, 0.5) is 0 Å². The maximum atomic E-state index is 6.00. The van der Waals surface area contributed by atoms with Crippen molar-refractivity contribution < 1.29 is 4.42 Å². The second kappa shape index (κ2) is 5.19. The van der Waals surface area contributed by atoms with Crippen molar-refractivity contribution in [2.24, 2.45) is 0 Å². The maximum Gasteiger partial charge on any atom is 0.134 e. The van der Waals surface area contributed by atoms with Gasteiger partial charge >= 0.3 is 0 Å². The van der Waals surface area contributed by atoms with E-state index in [4.69, 9.17) is 4.42 Å². The van der Waals surface area contributed by atoms with Gasteiger partial charge in [-0.05, 0) is 42.6 Å². The molecule has 0 aliphatic heterocycles. The molecule has 0 fully saturated rings. The second-order valence-electron chi connectivity index (χ2n) is 4.61. The van der Waals surface area contributed by atoms with E-state index in [1.54, 1.807) is 11.3 Å². The summed E-state index contributed by atoms with van der Waals surface area (Å²) in [4.78, 5) is 1.34. The molecule has 0 spiro atoms. The van der Waals surface area contributed by atoms with E-state index in [0.29, 0.717) is 0 Å². The minimum absolute atomic E-state index is 0.142. The largest absolute Gasteiger partial charge is 0.459 e. The summed E-state index contributed by atoms with van der Waals surface area (Å²) < 4.78 is 6.00. The number of furan rings is 1. The van der Waals surface area contributed by atoms with Crippen LogP contribution in [0.5, 0.6) is 0 Å². The van der Waals surface area contributed by atoms with Crippen LogP contribution in [0.25, 0.3) is 11.0 Å². The third-order valence-corrected chi connectivity index (χ3v) is 4.21. The van der Waals surface area contributed by atoms with Gasteiger partial charge in [-0.2, -0.15) is 0 Å². The highest BCUT2D eigenvalue weighted by Crippen LogP contribution is 2.31. The highest BCUT2D eigenvalue weighted by Gasteiger charge is 2.19. The monoisotopic (exact) mass is 271 g/mol. The molecular weight excluding hydrogens is 254 g/mol. The molecular formula is C16H17NOS. The first-order valence-electron chi connectivity index (χ1n) is 6.55. The topological polar surface area (TPSA) is 25.2 Å². The zero-order chi connectivity index (χ0) is 13.2. The van der Waals surface area contributed by atoms with Crippen molar-refractivity contribution in [3.8, 4) is 0 Å². The van der Waals surface area contributed by atoms with Gasteiger partial charge in [0.05, 0.1) is 6.04 Å². The van der Waals surface area contributed by atoms with E-state index >= 15 is 0 Å². The van der Waals surface area contributed by atoms with Gasteiger partial charge in [0, 0.05) is 10.3 Å². The Bertz CT molecular complexity index is 650. The maximum absolute atomic E-state index is 6.00. The van der Waals surface area contributed by atoms with Crippen LogP contribution in [0, 0.1) is 6.92 Å². The van der Waals surface area contributed by atoms with E-state index in [0.717, 1.165) is 23.3 Å². The normalized spacial score (nSPS) is 12.9. The molecule has 0 bridgehead atoms. The molecule has 3 rings (SSSR count). The van der Waals surface area contributed by atoms with Crippen LogP contribution in [0.15, 0.2) is 46.2 Å². The molecule has 0 amide bonds. The molecule has 2 nitrogen and oxygen atoms in total. The lowest BCUT2D eigenvalue weighted by molar-refractivity contribution is 0.477. The third kappa shape index (κ3) is 2.31. The van der Waals surface area contributed by atoms with E-state index in [1.807, 2.05) is 18.2 Å². The fourth-order valence-corrected chi connectivity index (χ4v) is 3.15. The number of hydrogen-bond acceptors (Lipinski definition) is 3. The molecule has 1 atom stereocenters. The molecule has 1 unspecified atom stereocenters. The van der Waals surface area contributed by atoms with Crippen LogP contribution in [0.3, 0.4) is 0 Å². The van der Waals surface area contributed by atoms with Gasteiger partial charge in [-0.25, -0.2) is 0 Å². The average Bonchev–Trinajstić information content (AvgIpc) is 3.02. The Morgan fingerprint density at radius 3 is 2.79 bits per heavy atom. The Balaban J connectivity index is 2.07. The van der Waals surface area contributed by atoms with Crippen LogP contribution in [0.2, 0.25) is 0 Å². The van der Waals surface area contributed by atoms with Gasteiger partial charge in [-0.15, -0.1) is 11.3 Å². The zero-order valence-corrected chi connectivity index (χ0v) is 12.0. The SMILES string of the molecule is CCNC(c1cc2ccccc2o1)c1ccsc1C. The Labute approximate surface area is 117 Å². The molecule has 3 heteroatoms. The molecule has 19 heavy (non-hydrogen) atoms. The van der Waals surface area contributed by atoms with Crippen molar-refractivity contribution >= 4 is 22.3 Å². The van der Waals surface area contributed by atoms with E-state index in [-0.39, 0.29) is 6.04 Å². The van der Waals surface area contributed by atoms with Crippen molar-refractivity contribution in [1.82, 2.24) is 5.32 Å². The van der Waals surface area contributed by atoms with Crippen LogP contribution in [0.1, 0.15) is 29.2 Å². The Kier molecular flexibility index (Phi) is 3.40. The molecule has 2 aromatic heterocycles. The number of para-hydroxylation sites is 1. The Morgan fingerprint density at radius 2 is 2.11 bits per heavy atom. The first kappa shape index (κ1) is 12.5. The number of nitrogens with one attached hydrogen (secondary N) is 1. The molecule has 0 aliphatic rings. The van der Waals surface area contributed by atoms with Gasteiger partial charge in [0.1, 0.15) is 11.3 Å². The number of hydrogen-bond donors (Lipinski definition) is 1. The highest BCUT2D eigenvalue weighted by molar-refractivity contribution is 7.10. The predicted molar refractivity (Wildman–Crippen MR) is 80.8 cm³/mol. The summed E-state index contributed by atoms with van der Waals surface area (Å²) in [6, 6.07) is 12.6. The molecule has 1 aromatic carbocycles. The molecule has 2 heterocycles. The standard InChI is InChI=1S/C16H17NOS/c1-3-17-16(13-8-9-19-11(13)2)15-10-12-6-4-5-7-14(12)18-15/h4-10,16-17H,3H2,1-2H3. The van der Waals surface area contributed by atoms with Crippen LogP contribution >= 0.6 is 11.3 Å². The van der Waals surface area contributed by atoms with Crippen LogP contribution in [-0.2, 0) is 0 Å². The number of rotatable bonds is 4. The van der Waals surface area contributed by atoms with E-state index in [2.05, 4.69) is 42.7 Å². The summed E-state index contributed by atoms with van der Waals surface area (Å²) in [6.07, 6.45) is 0. The summed E-state index contributed by atoms with van der Waals surface area (Å²) in [6.45, 7) is 5.20. The second-order valence-corrected chi connectivity index (χ2v) is 5.73. The number of benzene rings is 1. The van der Waals surface area contributed by atoms with Crippen LogP contribution in [-0.4, -0.2) is 6.54 Å². The molecule has 0 radical (unpaired) electrons. The Hall–Kier alpha value is -1.58. The first-order chi connectivity index (χ1) is 9.29. The lowest BCUT2D eigenvalue weighted by atomic mass is 10.1. The molecule has 3 aromatic rings. The number of fused-ring (bicyclic) bond motifs is 1. The quantitative estimate of drug-likeness (QED) is 0.755. The van der Waals surface area contributed by atoms with Crippen LogP contribution < -0.4 is 5.32 Å². The predicted octanol–water partition coefficient (Wildman–Crippen LogP) is 4.50. The van der Waals surface area contributed by atoms with E-state index in [9.17, 15) is 0 Å². The summed E-state index contributed by atoms with van der Waals surface area (Å²) in [5.41, 5.74) is 2.26. The fraction of sp³-hybridized carbons (Fsp3) is 0.250. The average molecular weight is 271 g/mol. The summed E-state index contributed by atoms with van der Waals surface area (Å²) in [5.74, 6) is 0.990. The molecule has 0 saturated heterocycles. The molecule has 0 aliphatic carbocycles. The summed E-state index contributed by atoms with van der Waals surface area (Å²) >= 11 is 1.78. The van der Waals surface area contributed by atoms with Crippen molar-refractivity contribution in [1.29, 1.82) is 0 Å². The highest BCUT2D eigenvalue weighted by atomic mass is 32.1. The smallest absolute Gasteiger partial charge is 0.134 e. The van der Waals surface area contributed by atoms with Crippen molar-refractivity contribution in [3.63, 3.8) is 0 Å². The Morgan fingerprint density at radius 1 is 1.26 bits per heavy atom. The summed E-state index contributed by atoms with van der Waals surface area (Å²) in [5, 5.41) is 6.81. The lowest BCUT2D eigenvalue weighted by Gasteiger charge is -2.15. The number of aryl methyl sites for hydroxylation is 1. The van der Waals surface area contributed by atoms with Gasteiger partial charge in [0.25, 0.3) is 0 Å². The van der Waals surface area contributed by atoms with Gasteiger partial charge in [-0.3, -0.25) is 0 Å². The van der Waals surface area contributed by atoms with Gasteiger partial charge < -0.3 is 9.73 Å². The minimum Gasteiger partial charge on any atom is -0.459 e. The van der Waals surface area contributed by atoms with E-state index in [1.165, 1.54) is 10.4 Å². The summed E-state index contributed by atoms with van der Waals surface area (Å²) in [7, 11) is 0. The fourth-order valence-electron chi connectivity index (χ4n) is 2.41. The van der Waals surface area contributed by atoms with Crippen molar-refractivity contribution in [2.75, 3.05) is 6.54 Å². The third-order valence-electron chi connectivity index (χ3n) is 3.35. The van der Waals surface area contributed by atoms with Gasteiger partial charge in [0.15, 0.2) is 0 Å². The van der Waals surface area contributed by atoms with Gasteiger partial charge in [0.2, 0.25) is 0 Å². The van der Waals surface area contributed by atoms with Crippen molar-refractivity contribution in [2.45, 2.75) is 19.9 Å². The lowest BCUT2D eigenvalue weighted by Crippen LogP contribution is -2.21. The zero-order valence-electron chi connectivity index (χ0n) is 11.1.